The topological polar surface area (TPSA) is 48.2 Å². The van der Waals surface area contributed by atoms with Crippen LogP contribution in [0.4, 0.5) is 0 Å². The first-order valence-corrected chi connectivity index (χ1v) is 16.1. The van der Waals surface area contributed by atoms with Crippen molar-refractivity contribution in [2.75, 3.05) is 6.61 Å². The van der Waals surface area contributed by atoms with E-state index in [4.69, 9.17) is 9.15 Å². The number of nitrogens with zero attached hydrogens (tertiary/aromatic N) is 2. The zero-order valence-electron chi connectivity index (χ0n) is 24.4. The summed E-state index contributed by atoms with van der Waals surface area (Å²) in [6.45, 7) is 2.78. The smallest absolute Gasteiger partial charge is 0.247 e. The van der Waals surface area contributed by atoms with E-state index in [-0.39, 0.29) is 0 Å². The van der Waals surface area contributed by atoms with Crippen molar-refractivity contribution in [1.82, 2.24) is 10.2 Å². The van der Waals surface area contributed by atoms with E-state index in [2.05, 4.69) is 23.2 Å². The molecule has 0 amide bonds. The van der Waals surface area contributed by atoms with Crippen LogP contribution in [0.15, 0.2) is 28.7 Å². The second-order valence-electron chi connectivity index (χ2n) is 11.3. The summed E-state index contributed by atoms with van der Waals surface area (Å²) in [7, 11) is 0. The number of aryl methyl sites for hydroxylation is 1. The van der Waals surface area contributed by atoms with Gasteiger partial charge in [-0.05, 0) is 18.6 Å². The van der Waals surface area contributed by atoms with Crippen LogP contribution in [0, 0.1) is 0 Å². The van der Waals surface area contributed by atoms with Crippen molar-refractivity contribution in [2.45, 2.75) is 148 Å². The van der Waals surface area contributed by atoms with Crippen LogP contribution >= 0.6 is 0 Å². The average Bonchev–Trinajstić information content (AvgIpc) is 3.42. The Morgan fingerprint density at radius 1 is 0.605 bits per heavy atom. The summed E-state index contributed by atoms with van der Waals surface area (Å²) in [5, 5.41) is 8.51. The Bertz CT molecular complexity index is 888. The first-order chi connectivity index (χ1) is 18.9. The van der Waals surface area contributed by atoms with Gasteiger partial charge in [0.2, 0.25) is 11.8 Å². The summed E-state index contributed by atoms with van der Waals surface area (Å²) in [6, 6.07) is 8.04. The second-order valence-corrected chi connectivity index (χ2v) is 11.3. The van der Waals surface area contributed by atoms with E-state index in [1.54, 1.807) is 0 Å². The Morgan fingerprint density at radius 3 is 1.66 bits per heavy atom. The van der Waals surface area contributed by atoms with E-state index in [1.807, 2.05) is 24.3 Å². The largest absolute Gasteiger partial charge is 0.488 e. The van der Waals surface area contributed by atoms with Crippen molar-refractivity contribution in [3.8, 4) is 5.75 Å². The first-order valence-electron chi connectivity index (χ1n) is 16.1. The number of hydrogen-bond donors (Lipinski definition) is 0. The number of rotatable bonds is 23. The van der Waals surface area contributed by atoms with Crippen LogP contribution in [-0.2, 0) is 6.42 Å². The molecule has 0 spiro atoms. The minimum Gasteiger partial charge on any atom is -0.488 e. The monoisotopic (exact) mass is 522 g/mol. The molecule has 0 atom stereocenters. The number of para-hydroxylation sites is 1. The molecule has 0 N–H and O–H groups in total. The maximum absolute atomic E-state index is 5.91. The van der Waals surface area contributed by atoms with E-state index in [0.29, 0.717) is 12.5 Å². The summed E-state index contributed by atoms with van der Waals surface area (Å²) in [6.07, 6.45) is 32.5. The van der Waals surface area contributed by atoms with Crippen LogP contribution in [0.5, 0.6) is 5.75 Å². The Kier molecular flexibility index (Phi) is 15.9. The van der Waals surface area contributed by atoms with Gasteiger partial charge in [0.1, 0.15) is 12.4 Å². The van der Waals surface area contributed by atoms with Gasteiger partial charge in [-0.2, -0.15) is 0 Å². The van der Waals surface area contributed by atoms with E-state index in [1.165, 1.54) is 128 Å². The van der Waals surface area contributed by atoms with E-state index < -0.39 is 0 Å². The van der Waals surface area contributed by atoms with Gasteiger partial charge in [-0.25, -0.2) is 0 Å². The zero-order chi connectivity index (χ0) is 26.5. The van der Waals surface area contributed by atoms with Crippen molar-refractivity contribution in [1.29, 1.82) is 0 Å². The predicted molar refractivity (Wildman–Crippen MR) is 160 cm³/mol. The summed E-state index contributed by atoms with van der Waals surface area (Å²) in [5.41, 5.74) is 2.03. The molecule has 0 fully saturated rings. The number of hydrogen-bond acceptors (Lipinski definition) is 4. The molecule has 1 aromatic carbocycles. The van der Waals surface area contributed by atoms with Gasteiger partial charge < -0.3 is 9.15 Å². The highest BCUT2D eigenvalue weighted by Crippen LogP contribution is 2.29. The molecule has 0 bridgehead atoms. The lowest BCUT2D eigenvalue weighted by Gasteiger charge is -2.15. The lowest BCUT2D eigenvalue weighted by atomic mass is 10.0. The van der Waals surface area contributed by atoms with Crippen LogP contribution < -0.4 is 4.74 Å². The molecule has 0 saturated carbocycles. The molecule has 2 aromatic rings. The quantitative estimate of drug-likeness (QED) is 0.136. The Hall–Kier alpha value is -2.10. The molecule has 0 saturated heterocycles. The molecule has 2 heterocycles. The highest BCUT2D eigenvalue weighted by Gasteiger charge is 2.17. The first kappa shape index (κ1) is 30.4. The van der Waals surface area contributed by atoms with Crippen molar-refractivity contribution in [2.24, 2.45) is 0 Å². The van der Waals surface area contributed by atoms with Crippen LogP contribution in [0.2, 0.25) is 0 Å². The van der Waals surface area contributed by atoms with Crippen LogP contribution in [0.3, 0.4) is 0 Å². The SMILES string of the molecule is CCCCCCCCCCCCCCCCCCCCCCCc1nnc(C2=Cc3ccccc3OC2)o1. The zero-order valence-corrected chi connectivity index (χ0v) is 24.4. The molecule has 3 rings (SSSR count). The third-order valence-electron chi connectivity index (χ3n) is 7.87. The van der Waals surface area contributed by atoms with E-state index >= 15 is 0 Å². The molecule has 1 aromatic heterocycles. The summed E-state index contributed by atoms with van der Waals surface area (Å²) in [4.78, 5) is 0. The molecule has 38 heavy (non-hydrogen) atoms. The Morgan fingerprint density at radius 2 is 1.11 bits per heavy atom. The fourth-order valence-electron chi connectivity index (χ4n) is 5.43. The number of benzene rings is 1. The van der Waals surface area contributed by atoms with Crippen molar-refractivity contribution in [3.63, 3.8) is 0 Å². The fourth-order valence-corrected chi connectivity index (χ4v) is 5.43. The number of unbranched alkanes of at least 4 members (excludes halogenated alkanes) is 20. The average molecular weight is 523 g/mol. The van der Waals surface area contributed by atoms with Crippen LogP contribution in [-0.4, -0.2) is 16.8 Å². The van der Waals surface area contributed by atoms with Gasteiger partial charge in [0.25, 0.3) is 0 Å². The summed E-state index contributed by atoms with van der Waals surface area (Å²) < 4.78 is 11.7. The highest BCUT2D eigenvalue weighted by molar-refractivity contribution is 5.82. The fraction of sp³-hybridized carbons (Fsp3) is 0.706. The minimum absolute atomic E-state index is 0.484. The van der Waals surface area contributed by atoms with Gasteiger partial charge in [0.05, 0.1) is 5.57 Å². The van der Waals surface area contributed by atoms with Gasteiger partial charge in [-0.1, -0.05) is 154 Å². The minimum atomic E-state index is 0.484. The van der Waals surface area contributed by atoms with Gasteiger partial charge in [-0.3, -0.25) is 0 Å². The molecule has 0 unspecified atom stereocenters. The predicted octanol–water partition coefficient (Wildman–Crippen LogP) is 10.8. The molecular formula is C34H54N2O2. The van der Waals surface area contributed by atoms with Crippen molar-refractivity contribution < 1.29 is 9.15 Å². The third kappa shape index (κ3) is 12.6. The van der Waals surface area contributed by atoms with Gasteiger partial charge in [0.15, 0.2) is 0 Å². The Labute approximate surface area is 233 Å². The lowest BCUT2D eigenvalue weighted by Crippen LogP contribution is -2.06. The molecule has 0 radical (unpaired) electrons. The lowest BCUT2D eigenvalue weighted by molar-refractivity contribution is 0.359. The molecule has 212 valence electrons. The Balaban J connectivity index is 1.07. The number of ether oxygens (including phenoxy) is 1. The van der Waals surface area contributed by atoms with Crippen LogP contribution in [0.25, 0.3) is 11.6 Å². The molecule has 1 aliphatic heterocycles. The van der Waals surface area contributed by atoms with Crippen molar-refractivity contribution >= 4 is 11.6 Å². The van der Waals surface area contributed by atoms with Gasteiger partial charge >= 0.3 is 0 Å². The maximum atomic E-state index is 5.91. The molecule has 0 aliphatic carbocycles. The number of aromatic nitrogens is 2. The summed E-state index contributed by atoms with van der Waals surface area (Å²) >= 11 is 0. The molecule has 4 heteroatoms. The normalized spacial score (nSPS) is 12.8. The van der Waals surface area contributed by atoms with E-state index in [0.717, 1.165) is 35.6 Å². The summed E-state index contributed by atoms with van der Waals surface area (Å²) in [5.74, 6) is 2.26. The number of fused-ring (bicyclic) bond motifs is 1. The molecule has 4 nitrogen and oxygen atoms in total. The van der Waals surface area contributed by atoms with Gasteiger partial charge in [0, 0.05) is 12.0 Å². The van der Waals surface area contributed by atoms with Crippen LogP contribution in [0.1, 0.15) is 159 Å². The highest BCUT2D eigenvalue weighted by atomic mass is 16.5. The molecular weight excluding hydrogens is 468 g/mol. The standard InChI is InChI=1S/C34H54N2O2/c1-2-3-4-5-6-7-8-9-10-11-12-13-14-15-16-17-18-19-20-21-22-27-33-35-36-34(38-33)31-28-30-25-23-24-26-32(30)37-29-31/h23-26,28H,2-22,27,29H2,1H3. The second kappa shape index (κ2) is 19.9. The van der Waals surface area contributed by atoms with E-state index in [9.17, 15) is 0 Å². The van der Waals surface area contributed by atoms with Gasteiger partial charge in [-0.15, -0.1) is 10.2 Å². The third-order valence-corrected chi connectivity index (χ3v) is 7.87. The maximum Gasteiger partial charge on any atom is 0.247 e. The van der Waals surface area contributed by atoms with Crippen molar-refractivity contribution in [3.05, 3.63) is 41.6 Å². The molecule has 1 aliphatic rings.